The molecule has 0 spiro atoms. The maximum atomic E-state index is 13.3. The first-order valence-corrected chi connectivity index (χ1v) is 3.69. The fourth-order valence-electron chi connectivity index (χ4n) is 1.23. The lowest BCUT2D eigenvalue weighted by Gasteiger charge is -2.00. The van der Waals surface area contributed by atoms with Crippen molar-refractivity contribution in [3.63, 3.8) is 0 Å². The molecule has 0 unspecified atom stereocenters. The average molecular weight is 184 g/mol. The molecular formula is C9H6F2O2. The van der Waals surface area contributed by atoms with Crippen LogP contribution in [0.5, 0.6) is 0 Å². The van der Waals surface area contributed by atoms with Gasteiger partial charge in [-0.1, -0.05) is 0 Å². The van der Waals surface area contributed by atoms with Crippen molar-refractivity contribution in [1.29, 1.82) is 0 Å². The number of furan rings is 1. The van der Waals surface area contributed by atoms with E-state index >= 15 is 0 Å². The van der Waals surface area contributed by atoms with Gasteiger partial charge in [0.25, 0.3) is 0 Å². The highest BCUT2D eigenvalue weighted by Gasteiger charge is 2.13. The molecule has 0 aliphatic carbocycles. The number of aliphatic hydroxyl groups is 1. The second-order valence-electron chi connectivity index (χ2n) is 2.64. The van der Waals surface area contributed by atoms with Crippen LogP contribution in [0.1, 0.15) is 5.56 Å². The van der Waals surface area contributed by atoms with Crippen LogP contribution in [0, 0.1) is 11.6 Å². The quantitative estimate of drug-likeness (QED) is 0.737. The molecule has 68 valence electrons. The molecule has 0 aliphatic rings. The van der Waals surface area contributed by atoms with Gasteiger partial charge < -0.3 is 9.52 Å². The Morgan fingerprint density at radius 2 is 2.15 bits per heavy atom. The molecule has 0 saturated heterocycles. The van der Waals surface area contributed by atoms with Crippen LogP contribution in [0.25, 0.3) is 11.0 Å². The van der Waals surface area contributed by atoms with Crippen molar-refractivity contribution in [2.45, 2.75) is 6.61 Å². The smallest absolute Gasteiger partial charge is 0.142 e. The van der Waals surface area contributed by atoms with Crippen LogP contribution in [0.4, 0.5) is 8.78 Å². The van der Waals surface area contributed by atoms with E-state index in [9.17, 15) is 8.78 Å². The number of halogens is 2. The van der Waals surface area contributed by atoms with Crippen molar-refractivity contribution < 1.29 is 18.3 Å². The fraction of sp³-hybridized carbons (Fsp3) is 0.111. The van der Waals surface area contributed by atoms with Gasteiger partial charge in [-0.15, -0.1) is 0 Å². The first-order valence-electron chi connectivity index (χ1n) is 3.69. The Morgan fingerprint density at radius 1 is 1.38 bits per heavy atom. The monoisotopic (exact) mass is 184 g/mol. The van der Waals surface area contributed by atoms with Crippen LogP contribution in [0.3, 0.4) is 0 Å². The first-order chi connectivity index (χ1) is 6.24. The summed E-state index contributed by atoms with van der Waals surface area (Å²) in [5.41, 5.74) is -0.180. The van der Waals surface area contributed by atoms with E-state index in [4.69, 9.17) is 9.52 Å². The molecule has 0 aliphatic heterocycles. The van der Waals surface area contributed by atoms with E-state index in [-0.39, 0.29) is 16.5 Å². The minimum atomic E-state index is -0.789. The van der Waals surface area contributed by atoms with Crippen LogP contribution in [0.2, 0.25) is 0 Å². The van der Waals surface area contributed by atoms with Crippen molar-refractivity contribution >= 4 is 11.0 Å². The van der Waals surface area contributed by atoms with Gasteiger partial charge in [-0.05, 0) is 6.07 Å². The standard InChI is InChI=1S/C9H6F2O2/c10-7-3-8-5(1-2-13-8)9(11)6(7)4-12/h1-3,12H,4H2. The SMILES string of the molecule is OCc1c(F)cc2occc2c1F. The van der Waals surface area contributed by atoms with E-state index in [2.05, 4.69) is 0 Å². The Hall–Kier alpha value is -1.42. The van der Waals surface area contributed by atoms with Gasteiger partial charge in [-0.25, -0.2) is 8.78 Å². The molecule has 2 aromatic rings. The fourth-order valence-corrected chi connectivity index (χ4v) is 1.23. The minimum absolute atomic E-state index is 0.146. The predicted octanol–water partition coefficient (Wildman–Crippen LogP) is 2.20. The normalized spacial score (nSPS) is 11.0. The highest BCUT2D eigenvalue weighted by Crippen LogP contribution is 2.24. The number of aliphatic hydroxyl groups excluding tert-OH is 1. The summed E-state index contributed by atoms with van der Waals surface area (Å²) in [5.74, 6) is -1.55. The number of fused-ring (bicyclic) bond motifs is 1. The van der Waals surface area contributed by atoms with E-state index in [0.29, 0.717) is 0 Å². The Kier molecular flexibility index (Phi) is 1.77. The van der Waals surface area contributed by atoms with Gasteiger partial charge in [0.2, 0.25) is 0 Å². The average Bonchev–Trinajstić information content (AvgIpc) is 2.53. The van der Waals surface area contributed by atoms with Gasteiger partial charge >= 0.3 is 0 Å². The van der Waals surface area contributed by atoms with Gasteiger partial charge in [0.15, 0.2) is 0 Å². The van der Waals surface area contributed by atoms with Crippen molar-refractivity contribution in [2.24, 2.45) is 0 Å². The Morgan fingerprint density at radius 3 is 2.85 bits per heavy atom. The van der Waals surface area contributed by atoms with Crippen molar-refractivity contribution in [3.8, 4) is 0 Å². The van der Waals surface area contributed by atoms with Crippen LogP contribution in [-0.2, 0) is 6.61 Å². The molecule has 2 nitrogen and oxygen atoms in total. The minimum Gasteiger partial charge on any atom is -0.464 e. The van der Waals surface area contributed by atoms with Gasteiger partial charge in [0, 0.05) is 11.6 Å². The second kappa shape index (κ2) is 2.81. The summed E-state index contributed by atoms with van der Waals surface area (Å²) >= 11 is 0. The zero-order valence-electron chi connectivity index (χ0n) is 6.55. The third-order valence-electron chi connectivity index (χ3n) is 1.90. The maximum Gasteiger partial charge on any atom is 0.142 e. The third kappa shape index (κ3) is 1.10. The summed E-state index contributed by atoms with van der Waals surface area (Å²) in [6, 6.07) is 2.45. The first kappa shape index (κ1) is 8.19. The summed E-state index contributed by atoms with van der Waals surface area (Å²) in [4.78, 5) is 0. The highest BCUT2D eigenvalue weighted by atomic mass is 19.1. The predicted molar refractivity (Wildman–Crippen MR) is 42.1 cm³/mol. The maximum absolute atomic E-state index is 13.3. The van der Waals surface area contributed by atoms with Crippen LogP contribution < -0.4 is 0 Å². The molecule has 0 bridgehead atoms. The molecule has 1 aromatic carbocycles. The van der Waals surface area contributed by atoms with Crippen molar-refractivity contribution in [3.05, 3.63) is 35.6 Å². The van der Waals surface area contributed by atoms with Gasteiger partial charge in [-0.3, -0.25) is 0 Å². The molecular weight excluding hydrogens is 178 g/mol. The number of hydrogen-bond acceptors (Lipinski definition) is 2. The summed E-state index contributed by atoms with van der Waals surface area (Å²) in [6.45, 7) is -0.654. The molecule has 0 amide bonds. The summed E-state index contributed by atoms with van der Waals surface area (Å²) in [5, 5.41) is 8.87. The molecule has 1 N–H and O–H groups in total. The third-order valence-corrected chi connectivity index (χ3v) is 1.90. The van der Waals surface area contributed by atoms with Crippen molar-refractivity contribution in [1.82, 2.24) is 0 Å². The Balaban J connectivity index is 2.85. The molecule has 4 heteroatoms. The van der Waals surface area contributed by atoms with E-state index in [1.54, 1.807) is 0 Å². The molecule has 1 heterocycles. The molecule has 0 fully saturated rings. The summed E-state index contributed by atoms with van der Waals surface area (Å²) in [7, 11) is 0. The molecule has 13 heavy (non-hydrogen) atoms. The zero-order valence-corrected chi connectivity index (χ0v) is 6.55. The van der Waals surface area contributed by atoms with Gasteiger partial charge in [0.05, 0.1) is 18.3 Å². The summed E-state index contributed by atoms with van der Waals surface area (Å²) < 4.78 is 31.1. The van der Waals surface area contributed by atoms with Gasteiger partial charge in [-0.2, -0.15) is 0 Å². The molecule has 0 atom stereocenters. The lowest BCUT2D eigenvalue weighted by Crippen LogP contribution is -1.95. The van der Waals surface area contributed by atoms with Crippen LogP contribution >= 0.6 is 0 Å². The molecule has 0 saturated carbocycles. The van der Waals surface area contributed by atoms with E-state index in [0.717, 1.165) is 6.07 Å². The van der Waals surface area contributed by atoms with Crippen molar-refractivity contribution in [2.75, 3.05) is 0 Å². The lowest BCUT2D eigenvalue weighted by atomic mass is 10.1. The topological polar surface area (TPSA) is 33.4 Å². The number of rotatable bonds is 1. The lowest BCUT2D eigenvalue weighted by molar-refractivity contribution is 0.269. The largest absolute Gasteiger partial charge is 0.464 e. The highest BCUT2D eigenvalue weighted by molar-refractivity contribution is 5.78. The molecule has 1 aromatic heterocycles. The summed E-state index contributed by atoms with van der Waals surface area (Å²) in [6.07, 6.45) is 1.27. The molecule has 0 radical (unpaired) electrons. The van der Waals surface area contributed by atoms with E-state index in [1.165, 1.54) is 12.3 Å². The zero-order chi connectivity index (χ0) is 9.42. The van der Waals surface area contributed by atoms with Gasteiger partial charge in [0.1, 0.15) is 17.2 Å². The van der Waals surface area contributed by atoms with E-state index in [1.807, 2.05) is 0 Å². The number of benzene rings is 1. The van der Waals surface area contributed by atoms with E-state index < -0.39 is 18.2 Å². The van der Waals surface area contributed by atoms with Crippen LogP contribution in [-0.4, -0.2) is 5.11 Å². The second-order valence-corrected chi connectivity index (χ2v) is 2.64. The molecule has 2 rings (SSSR count). The Bertz CT molecular complexity index is 448. The number of hydrogen-bond donors (Lipinski definition) is 1. The van der Waals surface area contributed by atoms with Crippen LogP contribution in [0.15, 0.2) is 22.8 Å². The Labute approximate surface area is 72.4 Å².